The second kappa shape index (κ2) is 5.88. The van der Waals surface area contributed by atoms with Gasteiger partial charge in [0.25, 0.3) is 0 Å². The molecule has 0 saturated carbocycles. The van der Waals surface area contributed by atoms with Gasteiger partial charge in [0.15, 0.2) is 0 Å². The lowest BCUT2D eigenvalue weighted by Gasteiger charge is -2.19. The number of hydrazine groups is 1. The zero-order chi connectivity index (χ0) is 14.0. The van der Waals surface area contributed by atoms with Gasteiger partial charge in [0.05, 0.1) is 16.1 Å². The van der Waals surface area contributed by atoms with Crippen molar-refractivity contribution in [3.63, 3.8) is 0 Å². The van der Waals surface area contributed by atoms with Crippen molar-refractivity contribution in [1.82, 2.24) is 5.43 Å². The third-order valence-corrected chi connectivity index (χ3v) is 3.76. The van der Waals surface area contributed by atoms with Crippen molar-refractivity contribution in [2.45, 2.75) is 13.0 Å². The Balaban J connectivity index is 2.56. The standard InChI is InChI=1S/C14H13Cl2FN2/c1-8-5-6-12(17)10(7-8)14(19-18)9-3-2-4-11(15)13(9)16/h2-7,14,19H,18H2,1H3. The third kappa shape index (κ3) is 2.90. The second-order valence-electron chi connectivity index (χ2n) is 4.27. The van der Waals surface area contributed by atoms with Gasteiger partial charge in [0, 0.05) is 5.56 Å². The average molecular weight is 299 g/mol. The highest BCUT2D eigenvalue weighted by atomic mass is 35.5. The van der Waals surface area contributed by atoms with Crippen molar-refractivity contribution in [2.75, 3.05) is 0 Å². The second-order valence-corrected chi connectivity index (χ2v) is 5.05. The molecule has 0 fully saturated rings. The van der Waals surface area contributed by atoms with E-state index in [0.717, 1.165) is 5.56 Å². The molecule has 2 aromatic carbocycles. The number of hydrogen-bond acceptors (Lipinski definition) is 2. The maximum absolute atomic E-state index is 14.0. The molecule has 0 bridgehead atoms. The minimum Gasteiger partial charge on any atom is -0.271 e. The SMILES string of the molecule is Cc1ccc(F)c(C(NN)c2cccc(Cl)c2Cl)c1. The Labute approximate surface area is 121 Å². The van der Waals surface area contributed by atoms with E-state index in [4.69, 9.17) is 29.0 Å². The molecule has 0 amide bonds. The summed E-state index contributed by atoms with van der Waals surface area (Å²) >= 11 is 12.1. The molecule has 0 heterocycles. The molecule has 0 aliphatic carbocycles. The normalized spacial score (nSPS) is 12.5. The van der Waals surface area contributed by atoms with Gasteiger partial charge >= 0.3 is 0 Å². The molecule has 0 radical (unpaired) electrons. The Hall–Kier alpha value is -1.13. The molecule has 1 atom stereocenters. The van der Waals surface area contributed by atoms with E-state index < -0.39 is 6.04 Å². The highest BCUT2D eigenvalue weighted by Gasteiger charge is 2.20. The summed E-state index contributed by atoms with van der Waals surface area (Å²) in [6.07, 6.45) is 0. The topological polar surface area (TPSA) is 38.0 Å². The molecule has 100 valence electrons. The maximum Gasteiger partial charge on any atom is 0.128 e. The van der Waals surface area contributed by atoms with Gasteiger partial charge in [-0.2, -0.15) is 0 Å². The Morgan fingerprint density at radius 1 is 1.16 bits per heavy atom. The average Bonchev–Trinajstić information content (AvgIpc) is 2.39. The molecule has 0 aromatic heterocycles. The van der Waals surface area contributed by atoms with Crippen LogP contribution in [0.3, 0.4) is 0 Å². The molecule has 19 heavy (non-hydrogen) atoms. The van der Waals surface area contributed by atoms with Crippen LogP contribution in [-0.2, 0) is 0 Å². The predicted molar refractivity (Wildman–Crippen MR) is 76.8 cm³/mol. The minimum atomic E-state index is -0.550. The van der Waals surface area contributed by atoms with Crippen LogP contribution in [0.15, 0.2) is 36.4 Å². The maximum atomic E-state index is 14.0. The van der Waals surface area contributed by atoms with E-state index in [2.05, 4.69) is 5.43 Å². The largest absolute Gasteiger partial charge is 0.271 e. The molecule has 2 rings (SSSR count). The van der Waals surface area contributed by atoms with Crippen LogP contribution < -0.4 is 11.3 Å². The van der Waals surface area contributed by atoms with Gasteiger partial charge in [0.1, 0.15) is 5.82 Å². The summed E-state index contributed by atoms with van der Waals surface area (Å²) in [6.45, 7) is 1.89. The molecule has 0 saturated heterocycles. The van der Waals surface area contributed by atoms with E-state index in [9.17, 15) is 4.39 Å². The summed E-state index contributed by atoms with van der Waals surface area (Å²) in [7, 11) is 0. The van der Waals surface area contributed by atoms with Gasteiger partial charge < -0.3 is 0 Å². The number of aryl methyl sites for hydroxylation is 1. The molecular weight excluding hydrogens is 286 g/mol. The van der Waals surface area contributed by atoms with Gasteiger partial charge in [-0.25, -0.2) is 9.82 Å². The van der Waals surface area contributed by atoms with E-state index in [1.807, 2.05) is 6.92 Å². The molecule has 1 unspecified atom stereocenters. The minimum absolute atomic E-state index is 0.343. The van der Waals surface area contributed by atoms with E-state index >= 15 is 0 Å². The first-order chi connectivity index (χ1) is 9.04. The monoisotopic (exact) mass is 298 g/mol. The highest BCUT2D eigenvalue weighted by Crippen LogP contribution is 2.33. The number of rotatable bonds is 3. The van der Waals surface area contributed by atoms with E-state index in [1.165, 1.54) is 6.07 Å². The van der Waals surface area contributed by atoms with Gasteiger partial charge in [-0.05, 0) is 24.6 Å². The van der Waals surface area contributed by atoms with E-state index in [1.54, 1.807) is 30.3 Å². The number of halogens is 3. The van der Waals surface area contributed by atoms with Crippen molar-refractivity contribution < 1.29 is 4.39 Å². The summed E-state index contributed by atoms with van der Waals surface area (Å²) in [5, 5.41) is 0.778. The number of hydrogen-bond donors (Lipinski definition) is 2. The zero-order valence-corrected chi connectivity index (χ0v) is 11.8. The summed E-state index contributed by atoms with van der Waals surface area (Å²) < 4.78 is 14.0. The van der Waals surface area contributed by atoms with Crippen molar-refractivity contribution in [1.29, 1.82) is 0 Å². The van der Waals surface area contributed by atoms with Gasteiger partial charge in [-0.3, -0.25) is 5.84 Å². The highest BCUT2D eigenvalue weighted by molar-refractivity contribution is 6.42. The molecule has 2 aromatic rings. The third-order valence-electron chi connectivity index (χ3n) is 2.92. The first-order valence-electron chi connectivity index (χ1n) is 5.70. The molecule has 0 aliphatic heterocycles. The van der Waals surface area contributed by atoms with Crippen LogP contribution >= 0.6 is 23.2 Å². The van der Waals surface area contributed by atoms with Gasteiger partial charge in [-0.15, -0.1) is 0 Å². The zero-order valence-electron chi connectivity index (χ0n) is 10.3. The molecule has 5 heteroatoms. The van der Waals surface area contributed by atoms with Crippen LogP contribution in [-0.4, -0.2) is 0 Å². The van der Waals surface area contributed by atoms with Crippen LogP contribution in [0.4, 0.5) is 4.39 Å². The van der Waals surface area contributed by atoms with E-state index in [-0.39, 0.29) is 5.82 Å². The fourth-order valence-corrected chi connectivity index (χ4v) is 2.39. The Morgan fingerprint density at radius 3 is 2.58 bits per heavy atom. The van der Waals surface area contributed by atoms with Crippen LogP contribution in [0.1, 0.15) is 22.7 Å². The molecule has 0 aliphatic rings. The Bertz CT molecular complexity index is 600. The summed E-state index contributed by atoms with van der Waals surface area (Å²) in [5.74, 6) is 5.21. The van der Waals surface area contributed by atoms with Crippen LogP contribution in [0, 0.1) is 12.7 Å². The number of benzene rings is 2. The summed E-state index contributed by atoms with van der Waals surface area (Å²) in [6, 6.07) is 9.48. The fraction of sp³-hybridized carbons (Fsp3) is 0.143. The molecular formula is C14H13Cl2FN2. The lowest BCUT2D eigenvalue weighted by molar-refractivity contribution is 0.559. The lowest BCUT2D eigenvalue weighted by Crippen LogP contribution is -2.29. The summed E-state index contributed by atoms with van der Waals surface area (Å²) in [4.78, 5) is 0. The smallest absolute Gasteiger partial charge is 0.128 e. The first-order valence-corrected chi connectivity index (χ1v) is 6.46. The van der Waals surface area contributed by atoms with E-state index in [0.29, 0.717) is 21.2 Å². The first kappa shape index (κ1) is 14.3. The van der Waals surface area contributed by atoms with Crippen molar-refractivity contribution in [3.8, 4) is 0 Å². The van der Waals surface area contributed by atoms with Crippen molar-refractivity contribution in [3.05, 3.63) is 69.0 Å². The summed E-state index contributed by atoms with van der Waals surface area (Å²) in [5.41, 5.74) is 4.60. The van der Waals surface area contributed by atoms with Gasteiger partial charge in [-0.1, -0.05) is 53.0 Å². The molecule has 3 N–H and O–H groups in total. The lowest BCUT2D eigenvalue weighted by atomic mass is 9.97. The van der Waals surface area contributed by atoms with Gasteiger partial charge in [0.2, 0.25) is 0 Å². The van der Waals surface area contributed by atoms with Crippen molar-refractivity contribution >= 4 is 23.2 Å². The molecule has 0 spiro atoms. The van der Waals surface area contributed by atoms with Crippen LogP contribution in [0.5, 0.6) is 0 Å². The quantitative estimate of drug-likeness (QED) is 0.664. The number of nitrogens with two attached hydrogens (primary N) is 1. The number of nitrogens with one attached hydrogen (secondary N) is 1. The fourth-order valence-electron chi connectivity index (χ4n) is 1.97. The van der Waals surface area contributed by atoms with Crippen LogP contribution in [0.25, 0.3) is 0 Å². The van der Waals surface area contributed by atoms with Crippen LogP contribution in [0.2, 0.25) is 10.0 Å². The Kier molecular flexibility index (Phi) is 4.42. The molecule has 2 nitrogen and oxygen atoms in total. The predicted octanol–water partition coefficient (Wildman–Crippen LogP) is 3.99. The van der Waals surface area contributed by atoms with Crippen molar-refractivity contribution in [2.24, 2.45) is 5.84 Å². The Morgan fingerprint density at radius 2 is 1.89 bits per heavy atom.